The van der Waals surface area contributed by atoms with Gasteiger partial charge in [-0.2, -0.15) is 5.26 Å². The Kier molecular flexibility index (Phi) is 4.67. The number of nitrogens with zero attached hydrogens (tertiary/aromatic N) is 3. The molecule has 2 amide bonds. The molecule has 2 fully saturated rings. The molecule has 1 aliphatic carbocycles. The summed E-state index contributed by atoms with van der Waals surface area (Å²) in [6.07, 6.45) is 1.96. The molecule has 0 bridgehead atoms. The summed E-state index contributed by atoms with van der Waals surface area (Å²) in [5, 5.41) is 9.40. The number of amides is 2. The van der Waals surface area contributed by atoms with Gasteiger partial charge in [0.25, 0.3) is 11.8 Å². The second-order valence-electron chi connectivity index (χ2n) is 7.17. The number of carbonyl (C=O) groups is 2. The van der Waals surface area contributed by atoms with E-state index >= 15 is 0 Å². The largest absolute Gasteiger partial charge is 0.495 e. The zero-order valence-corrected chi connectivity index (χ0v) is 16.8. The van der Waals surface area contributed by atoms with Crippen molar-refractivity contribution in [2.45, 2.75) is 24.8 Å². The number of nitrogens with two attached hydrogens (primary N) is 1. The lowest BCUT2D eigenvalue weighted by Crippen LogP contribution is -2.55. The van der Waals surface area contributed by atoms with Gasteiger partial charge in [-0.1, -0.05) is 0 Å². The van der Waals surface area contributed by atoms with Gasteiger partial charge in [0.2, 0.25) is 0 Å². The summed E-state index contributed by atoms with van der Waals surface area (Å²) in [4.78, 5) is 27.8. The van der Waals surface area contributed by atoms with Gasteiger partial charge >= 0.3 is 0 Å². The fraction of sp³-hybridized carbons (Fsp3) is 0.238. The zero-order chi connectivity index (χ0) is 21.6. The maximum atomic E-state index is 14.4. The number of ether oxygens (including phenoxy) is 1. The van der Waals surface area contributed by atoms with Crippen LogP contribution < -0.4 is 20.3 Å². The molecule has 7 nitrogen and oxygen atoms in total. The molecular formula is C21H17FN4O3S. The van der Waals surface area contributed by atoms with Crippen LogP contribution in [0.1, 0.15) is 35.2 Å². The predicted octanol–water partition coefficient (Wildman–Crippen LogP) is 2.87. The molecule has 2 aromatic rings. The summed E-state index contributed by atoms with van der Waals surface area (Å²) in [6.45, 7) is 0. The molecule has 9 heteroatoms. The molecule has 2 N–H and O–H groups in total. The maximum Gasteiger partial charge on any atom is 0.259 e. The highest BCUT2D eigenvalue weighted by Crippen LogP contribution is 2.48. The topological polar surface area (TPSA) is 99.7 Å². The maximum absolute atomic E-state index is 14.4. The van der Waals surface area contributed by atoms with Crippen molar-refractivity contribution >= 4 is 40.5 Å². The van der Waals surface area contributed by atoms with E-state index in [1.165, 1.54) is 30.2 Å². The van der Waals surface area contributed by atoms with Crippen molar-refractivity contribution < 1.29 is 18.7 Å². The number of carbonyl (C=O) groups excluding carboxylic acids is 2. The van der Waals surface area contributed by atoms with Gasteiger partial charge in [0.05, 0.1) is 23.9 Å². The smallest absolute Gasteiger partial charge is 0.259 e. The van der Waals surface area contributed by atoms with Gasteiger partial charge in [0.1, 0.15) is 23.2 Å². The van der Waals surface area contributed by atoms with Crippen molar-refractivity contribution in [2.24, 2.45) is 5.73 Å². The van der Waals surface area contributed by atoms with Crippen LogP contribution in [0, 0.1) is 17.1 Å². The minimum atomic E-state index is -0.904. The van der Waals surface area contributed by atoms with Gasteiger partial charge in [-0.3, -0.25) is 14.5 Å². The monoisotopic (exact) mass is 424 g/mol. The quantitative estimate of drug-likeness (QED) is 0.758. The van der Waals surface area contributed by atoms with Gasteiger partial charge in [-0.05, 0) is 61.8 Å². The minimum Gasteiger partial charge on any atom is -0.495 e. The van der Waals surface area contributed by atoms with Crippen molar-refractivity contribution in [3.8, 4) is 11.8 Å². The lowest BCUT2D eigenvalue weighted by Gasteiger charge is -2.43. The second kappa shape index (κ2) is 7.07. The van der Waals surface area contributed by atoms with E-state index in [2.05, 4.69) is 0 Å². The summed E-state index contributed by atoms with van der Waals surface area (Å²) in [5.41, 5.74) is 5.23. The lowest BCUT2D eigenvalue weighted by molar-refractivity contribution is -0.123. The molecule has 0 unspecified atom stereocenters. The van der Waals surface area contributed by atoms with Gasteiger partial charge in [0, 0.05) is 11.8 Å². The summed E-state index contributed by atoms with van der Waals surface area (Å²) < 4.78 is 19.7. The van der Waals surface area contributed by atoms with E-state index in [-0.39, 0.29) is 16.6 Å². The molecule has 1 aliphatic heterocycles. The number of benzene rings is 2. The average Bonchev–Trinajstić information content (AvgIpc) is 2.93. The van der Waals surface area contributed by atoms with Crippen molar-refractivity contribution in [1.29, 1.82) is 5.26 Å². The number of methoxy groups -OCH3 is 1. The van der Waals surface area contributed by atoms with Crippen molar-refractivity contribution in [1.82, 2.24) is 0 Å². The molecule has 2 aromatic carbocycles. The van der Waals surface area contributed by atoms with E-state index in [1.807, 2.05) is 6.07 Å². The van der Waals surface area contributed by atoms with E-state index in [4.69, 9.17) is 22.7 Å². The number of hydrogen-bond donors (Lipinski definition) is 1. The number of rotatable bonds is 4. The number of thiocarbonyl (C=S) groups is 1. The third kappa shape index (κ3) is 2.72. The van der Waals surface area contributed by atoms with Gasteiger partial charge in [0.15, 0.2) is 5.11 Å². The summed E-state index contributed by atoms with van der Waals surface area (Å²) in [7, 11) is 1.44. The van der Waals surface area contributed by atoms with E-state index in [1.54, 1.807) is 23.1 Å². The fourth-order valence-corrected chi connectivity index (χ4v) is 4.43. The van der Waals surface area contributed by atoms with E-state index in [0.717, 1.165) is 6.42 Å². The van der Waals surface area contributed by atoms with Crippen LogP contribution in [0.4, 0.5) is 15.8 Å². The first-order valence-corrected chi connectivity index (χ1v) is 9.61. The van der Waals surface area contributed by atoms with E-state index < -0.39 is 17.3 Å². The molecule has 4 rings (SSSR count). The van der Waals surface area contributed by atoms with E-state index in [9.17, 15) is 19.2 Å². The van der Waals surface area contributed by atoms with Crippen molar-refractivity contribution in [2.75, 3.05) is 16.9 Å². The Bertz CT molecular complexity index is 1140. The van der Waals surface area contributed by atoms with Crippen LogP contribution in [-0.2, 0) is 4.79 Å². The molecule has 1 saturated carbocycles. The second-order valence-corrected chi connectivity index (χ2v) is 7.53. The Hall–Kier alpha value is -3.51. The molecular weight excluding hydrogens is 407 g/mol. The number of anilines is 2. The molecule has 30 heavy (non-hydrogen) atoms. The number of nitriles is 1. The summed E-state index contributed by atoms with van der Waals surface area (Å²) in [5.74, 6) is -1.54. The Morgan fingerprint density at radius 2 is 1.97 bits per heavy atom. The molecule has 0 atom stereocenters. The third-order valence-electron chi connectivity index (χ3n) is 5.63. The van der Waals surface area contributed by atoms with Crippen LogP contribution in [0.3, 0.4) is 0 Å². The number of primary amides is 1. The average molecular weight is 424 g/mol. The van der Waals surface area contributed by atoms with Crippen molar-refractivity contribution in [3.05, 3.63) is 53.3 Å². The lowest BCUT2D eigenvalue weighted by atomic mass is 9.75. The van der Waals surface area contributed by atoms with Crippen LogP contribution in [-0.4, -0.2) is 29.6 Å². The molecule has 0 radical (unpaired) electrons. The van der Waals surface area contributed by atoms with E-state index in [0.29, 0.717) is 35.5 Å². The van der Waals surface area contributed by atoms with Crippen LogP contribution >= 0.6 is 12.2 Å². The van der Waals surface area contributed by atoms with Gasteiger partial charge < -0.3 is 15.4 Å². The number of hydrogen-bond acceptors (Lipinski definition) is 5. The van der Waals surface area contributed by atoms with Crippen LogP contribution in [0.25, 0.3) is 0 Å². The Morgan fingerprint density at radius 3 is 2.50 bits per heavy atom. The normalized spacial score (nSPS) is 17.1. The highest BCUT2D eigenvalue weighted by atomic mass is 32.1. The summed E-state index contributed by atoms with van der Waals surface area (Å²) in [6, 6.07) is 10.8. The number of halogens is 1. The van der Waals surface area contributed by atoms with Crippen LogP contribution in [0.15, 0.2) is 36.4 Å². The standard InChI is InChI=1S/C21H17FN4O3S/c1-29-17-10-13(4-3-12(17)11-23)25-19(28)21(7-2-8-21)26(20(25)30)14-5-6-15(18(24)27)16(22)9-14/h3-6,9-10H,2,7-8H2,1H3,(H2,24,27). The Balaban J connectivity index is 1.80. The molecule has 0 aromatic heterocycles. The molecule has 152 valence electrons. The molecule has 1 spiro atoms. The first kappa shape index (κ1) is 19.8. The zero-order valence-electron chi connectivity index (χ0n) is 16.0. The van der Waals surface area contributed by atoms with Gasteiger partial charge in [-0.25, -0.2) is 4.39 Å². The van der Waals surface area contributed by atoms with Crippen molar-refractivity contribution in [3.63, 3.8) is 0 Å². The molecule has 1 saturated heterocycles. The molecule has 2 aliphatic rings. The Morgan fingerprint density at radius 1 is 1.27 bits per heavy atom. The molecule has 1 heterocycles. The third-order valence-corrected chi connectivity index (χ3v) is 6.00. The summed E-state index contributed by atoms with van der Waals surface area (Å²) >= 11 is 5.63. The van der Waals surface area contributed by atoms with Crippen LogP contribution in [0.2, 0.25) is 0 Å². The highest BCUT2D eigenvalue weighted by molar-refractivity contribution is 7.81. The van der Waals surface area contributed by atoms with Crippen LogP contribution in [0.5, 0.6) is 5.75 Å². The minimum absolute atomic E-state index is 0.192. The fourth-order valence-electron chi connectivity index (χ4n) is 3.96. The Labute approximate surface area is 177 Å². The van der Waals surface area contributed by atoms with Gasteiger partial charge in [-0.15, -0.1) is 0 Å². The predicted molar refractivity (Wildman–Crippen MR) is 112 cm³/mol. The first-order chi connectivity index (χ1) is 14.3. The SMILES string of the molecule is COc1cc(N2C(=O)C3(CCC3)N(c3ccc(C(N)=O)c(F)c3)C2=S)ccc1C#N. The highest BCUT2D eigenvalue weighted by Gasteiger charge is 2.59. The first-order valence-electron chi connectivity index (χ1n) is 9.20.